The molecule has 0 bridgehead atoms. The van der Waals surface area contributed by atoms with Gasteiger partial charge in [-0.1, -0.05) is 204 Å². The Balaban J connectivity index is 0.000000303. The van der Waals surface area contributed by atoms with E-state index < -0.39 is 0 Å². The molecule has 0 heteroatoms. The molecule has 0 saturated carbocycles. The minimum absolute atomic E-state index is 1.10. The van der Waals surface area contributed by atoms with Crippen LogP contribution in [0, 0.1) is 0 Å². The maximum Gasteiger partial charge on any atom is -0.00135 e. The van der Waals surface area contributed by atoms with Crippen LogP contribution in [0.5, 0.6) is 0 Å². The third-order valence-corrected chi connectivity index (χ3v) is 8.16. The van der Waals surface area contributed by atoms with Crippen molar-refractivity contribution in [3.8, 4) is 11.1 Å². The molecule has 0 atom stereocenters. The highest BCUT2D eigenvalue weighted by molar-refractivity contribution is 5.76. The quantitative estimate of drug-likeness (QED) is 0.126. The van der Waals surface area contributed by atoms with Gasteiger partial charge in [0.05, 0.1) is 0 Å². The van der Waals surface area contributed by atoms with Gasteiger partial charge in [0, 0.05) is 0 Å². The largest absolute Gasteiger partial charge is 0.0654 e. The lowest BCUT2D eigenvalue weighted by atomic mass is 10.0. The standard InChI is InChI=1S/C24H50.C13H10/c1-3-5-7-9-11-13-15-17-19-21-23-24-22-20-18-16-14-12-10-8-6-4-2;1-3-7-12-10(5-1)9-11-6-2-4-8-13(11)12/h3-24H2,1-2H3;1-8H,9H2. The fraction of sp³-hybridized carbons (Fsp3) is 0.676. The van der Waals surface area contributed by atoms with Gasteiger partial charge in [-0.05, 0) is 28.7 Å². The molecule has 0 fully saturated rings. The first-order chi connectivity index (χ1) is 18.4. The van der Waals surface area contributed by atoms with Crippen LogP contribution in [0.25, 0.3) is 11.1 Å². The van der Waals surface area contributed by atoms with Crippen LogP contribution in [0.2, 0.25) is 0 Å². The molecule has 2 aromatic rings. The smallest absolute Gasteiger partial charge is 0.00135 e. The van der Waals surface area contributed by atoms with Crippen LogP contribution >= 0.6 is 0 Å². The molecular formula is C37H60. The van der Waals surface area contributed by atoms with Gasteiger partial charge >= 0.3 is 0 Å². The topological polar surface area (TPSA) is 0 Å². The normalized spacial score (nSPS) is 11.6. The first-order valence-electron chi connectivity index (χ1n) is 16.5. The fourth-order valence-electron chi connectivity index (χ4n) is 5.76. The van der Waals surface area contributed by atoms with Crippen molar-refractivity contribution in [3.63, 3.8) is 0 Å². The first kappa shape index (κ1) is 31.7. The summed E-state index contributed by atoms with van der Waals surface area (Å²) < 4.78 is 0. The summed E-state index contributed by atoms with van der Waals surface area (Å²) in [5, 5.41) is 0. The molecule has 208 valence electrons. The Bertz CT molecular complexity index is 708. The van der Waals surface area contributed by atoms with Crippen molar-refractivity contribution >= 4 is 0 Å². The van der Waals surface area contributed by atoms with Gasteiger partial charge in [-0.2, -0.15) is 0 Å². The molecule has 0 aliphatic heterocycles. The van der Waals surface area contributed by atoms with Gasteiger partial charge in [0.15, 0.2) is 0 Å². The Morgan fingerprint density at radius 1 is 0.351 bits per heavy atom. The average Bonchev–Trinajstić information content (AvgIpc) is 3.31. The van der Waals surface area contributed by atoms with E-state index in [2.05, 4.69) is 62.4 Å². The summed E-state index contributed by atoms with van der Waals surface area (Å²) in [4.78, 5) is 0. The Hall–Kier alpha value is -1.56. The van der Waals surface area contributed by atoms with Crippen molar-refractivity contribution in [3.05, 3.63) is 59.7 Å². The molecule has 0 amide bonds. The maximum atomic E-state index is 2.30. The summed E-state index contributed by atoms with van der Waals surface area (Å²) in [6.07, 6.45) is 33.5. The zero-order valence-electron chi connectivity index (χ0n) is 24.9. The second kappa shape index (κ2) is 22.4. The van der Waals surface area contributed by atoms with Gasteiger partial charge < -0.3 is 0 Å². The van der Waals surface area contributed by atoms with E-state index in [1.807, 2.05) is 0 Å². The summed E-state index contributed by atoms with van der Waals surface area (Å²) >= 11 is 0. The van der Waals surface area contributed by atoms with Crippen LogP contribution in [0.3, 0.4) is 0 Å². The molecule has 1 aliphatic carbocycles. The minimum atomic E-state index is 1.10. The number of rotatable bonds is 21. The Labute approximate surface area is 232 Å². The summed E-state index contributed by atoms with van der Waals surface area (Å²) in [7, 11) is 0. The SMILES string of the molecule is CCCCCCCCCCCCCCCCCCCCCCCC.c1ccc2c(c1)Cc1ccccc1-2. The second-order valence-electron chi connectivity index (χ2n) is 11.6. The molecule has 0 spiro atoms. The van der Waals surface area contributed by atoms with Crippen LogP contribution in [0.4, 0.5) is 0 Å². The van der Waals surface area contributed by atoms with Crippen LogP contribution in [0.15, 0.2) is 48.5 Å². The van der Waals surface area contributed by atoms with Crippen molar-refractivity contribution < 1.29 is 0 Å². The third-order valence-electron chi connectivity index (χ3n) is 8.16. The van der Waals surface area contributed by atoms with Gasteiger partial charge in [0.25, 0.3) is 0 Å². The summed E-state index contributed by atoms with van der Waals surface area (Å²) in [5.74, 6) is 0. The number of benzene rings is 2. The van der Waals surface area contributed by atoms with E-state index in [-0.39, 0.29) is 0 Å². The van der Waals surface area contributed by atoms with Gasteiger partial charge in [-0.3, -0.25) is 0 Å². The van der Waals surface area contributed by atoms with E-state index in [4.69, 9.17) is 0 Å². The highest BCUT2D eigenvalue weighted by Crippen LogP contribution is 2.35. The summed E-state index contributed by atoms with van der Waals surface area (Å²) in [5.41, 5.74) is 5.75. The van der Waals surface area contributed by atoms with Gasteiger partial charge in [-0.15, -0.1) is 0 Å². The summed E-state index contributed by atoms with van der Waals surface area (Å²) in [6, 6.07) is 17.3. The molecule has 0 unspecified atom stereocenters. The van der Waals surface area contributed by atoms with Gasteiger partial charge in [0.1, 0.15) is 0 Å². The molecule has 1 aliphatic rings. The number of fused-ring (bicyclic) bond motifs is 3. The lowest BCUT2D eigenvalue weighted by molar-refractivity contribution is 0.520. The van der Waals surface area contributed by atoms with Gasteiger partial charge in [0.2, 0.25) is 0 Å². The van der Waals surface area contributed by atoms with Crippen molar-refractivity contribution in [1.82, 2.24) is 0 Å². The summed E-state index contributed by atoms with van der Waals surface area (Å²) in [6.45, 7) is 4.60. The fourth-order valence-corrected chi connectivity index (χ4v) is 5.76. The van der Waals surface area contributed by atoms with Crippen molar-refractivity contribution in [1.29, 1.82) is 0 Å². The molecule has 3 rings (SSSR count). The van der Waals surface area contributed by atoms with Crippen LogP contribution < -0.4 is 0 Å². The van der Waals surface area contributed by atoms with E-state index in [0.29, 0.717) is 0 Å². The Morgan fingerprint density at radius 2 is 0.595 bits per heavy atom. The van der Waals surface area contributed by atoms with Crippen LogP contribution in [0.1, 0.15) is 166 Å². The first-order valence-corrected chi connectivity index (χ1v) is 16.5. The molecule has 0 nitrogen and oxygen atoms in total. The highest BCUT2D eigenvalue weighted by Gasteiger charge is 2.15. The van der Waals surface area contributed by atoms with Crippen LogP contribution in [-0.4, -0.2) is 0 Å². The van der Waals surface area contributed by atoms with Crippen molar-refractivity contribution in [2.75, 3.05) is 0 Å². The molecule has 0 saturated heterocycles. The van der Waals surface area contributed by atoms with E-state index in [1.165, 1.54) is 164 Å². The number of hydrogen-bond acceptors (Lipinski definition) is 0. The average molecular weight is 505 g/mol. The number of unbranched alkanes of at least 4 members (excludes halogenated alkanes) is 21. The predicted molar refractivity (Wildman–Crippen MR) is 168 cm³/mol. The van der Waals surface area contributed by atoms with Gasteiger partial charge in [-0.25, -0.2) is 0 Å². The zero-order valence-corrected chi connectivity index (χ0v) is 24.9. The van der Waals surface area contributed by atoms with Crippen molar-refractivity contribution in [2.45, 2.75) is 162 Å². The lowest BCUT2D eigenvalue weighted by Crippen LogP contribution is -1.84. The third kappa shape index (κ3) is 14.8. The monoisotopic (exact) mass is 504 g/mol. The minimum Gasteiger partial charge on any atom is -0.0654 e. The molecule has 0 N–H and O–H groups in total. The molecule has 2 aromatic carbocycles. The lowest BCUT2D eigenvalue weighted by Gasteiger charge is -2.04. The Kier molecular flexibility index (Phi) is 19.2. The van der Waals surface area contributed by atoms with E-state index >= 15 is 0 Å². The molecular weight excluding hydrogens is 444 g/mol. The molecule has 0 heterocycles. The van der Waals surface area contributed by atoms with E-state index in [1.54, 1.807) is 0 Å². The van der Waals surface area contributed by atoms with Crippen molar-refractivity contribution in [2.24, 2.45) is 0 Å². The zero-order chi connectivity index (χ0) is 26.2. The number of hydrogen-bond donors (Lipinski definition) is 0. The maximum absolute atomic E-state index is 2.30. The highest BCUT2D eigenvalue weighted by atomic mass is 14.2. The molecule has 0 radical (unpaired) electrons. The molecule has 37 heavy (non-hydrogen) atoms. The van der Waals surface area contributed by atoms with E-state index in [9.17, 15) is 0 Å². The van der Waals surface area contributed by atoms with E-state index in [0.717, 1.165) is 6.42 Å². The van der Waals surface area contributed by atoms with Crippen LogP contribution in [-0.2, 0) is 6.42 Å². The second-order valence-corrected chi connectivity index (χ2v) is 11.6. The predicted octanol–water partition coefficient (Wildman–Crippen LogP) is 12.9. The Morgan fingerprint density at radius 3 is 0.865 bits per heavy atom. The molecule has 0 aromatic heterocycles.